The van der Waals surface area contributed by atoms with Crippen molar-refractivity contribution in [2.75, 3.05) is 19.8 Å². The first-order valence-electron chi connectivity index (χ1n) is 9.30. The van der Waals surface area contributed by atoms with Gasteiger partial charge in [0.15, 0.2) is 5.79 Å². The highest BCUT2D eigenvalue weighted by Gasteiger charge is 2.52. The highest BCUT2D eigenvalue weighted by Crippen LogP contribution is 2.53. The molecule has 3 aliphatic rings. The number of hydrazine groups is 2. The van der Waals surface area contributed by atoms with E-state index in [4.69, 9.17) is 15.2 Å². The minimum Gasteiger partial charge on any atom is -0.382 e. The minimum absolute atomic E-state index is 0.0189. The molecule has 0 aromatic heterocycles. The fourth-order valence-electron chi connectivity index (χ4n) is 5.00. The van der Waals surface area contributed by atoms with Crippen LogP contribution in [0.4, 0.5) is 0 Å². The van der Waals surface area contributed by atoms with E-state index in [1.165, 1.54) is 0 Å². The third kappa shape index (κ3) is 3.26. The predicted octanol–water partition coefficient (Wildman–Crippen LogP) is 0.530. The molecule has 26 heavy (non-hydrogen) atoms. The molecule has 1 spiro atoms. The number of para-hydroxylation sites is 1. The average molecular weight is 359 g/mol. The van der Waals surface area contributed by atoms with Gasteiger partial charge in [-0.15, -0.1) is 0 Å². The first kappa shape index (κ1) is 17.6. The van der Waals surface area contributed by atoms with Gasteiger partial charge >= 0.3 is 0 Å². The topological polar surface area (TPSA) is 84.1 Å². The van der Waals surface area contributed by atoms with Crippen molar-refractivity contribution < 1.29 is 9.47 Å². The van der Waals surface area contributed by atoms with Gasteiger partial charge in [0.05, 0.1) is 18.6 Å². The SMILES string of the molecule is CC1(C)CC2(C[C@](C)(CNN3NN=c4ccccc4=C3N)C1)OCCO2. The second-order valence-corrected chi connectivity index (χ2v) is 8.90. The van der Waals surface area contributed by atoms with Crippen LogP contribution in [-0.2, 0) is 9.47 Å². The van der Waals surface area contributed by atoms with Crippen molar-refractivity contribution in [2.45, 2.75) is 45.8 Å². The summed E-state index contributed by atoms with van der Waals surface area (Å²) >= 11 is 0. The Morgan fingerprint density at radius 1 is 1.15 bits per heavy atom. The number of ether oxygens (including phenoxy) is 2. The normalized spacial score (nSPS) is 29.2. The number of hydrogen-bond donors (Lipinski definition) is 3. The minimum atomic E-state index is -0.445. The largest absolute Gasteiger partial charge is 0.382 e. The van der Waals surface area contributed by atoms with Crippen molar-refractivity contribution >= 4 is 5.82 Å². The molecular weight excluding hydrogens is 330 g/mol. The van der Waals surface area contributed by atoms with Crippen molar-refractivity contribution in [2.24, 2.45) is 21.7 Å². The molecule has 0 amide bonds. The summed E-state index contributed by atoms with van der Waals surface area (Å²) in [7, 11) is 0. The lowest BCUT2D eigenvalue weighted by atomic mass is 9.62. The monoisotopic (exact) mass is 359 g/mol. The lowest BCUT2D eigenvalue weighted by Crippen LogP contribution is -2.58. The summed E-state index contributed by atoms with van der Waals surface area (Å²) in [6, 6.07) is 7.83. The van der Waals surface area contributed by atoms with E-state index < -0.39 is 5.79 Å². The molecule has 0 radical (unpaired) electrons. The summed E-state index contributed by atoms with van der Waals surface area (Å²) < 4.78 is 12.1. The van der Waals surface area contributed by atoms with Gasteiger partial charge in [-0.1, -0.05) is 32.9 Å². The van der Waals surface area contributed by atoms with E-state index in [0.717, 1.165) is 36.4 Å². The van der Waals surface area contributed by atoms with Gasteiger partial charge in [0.1, 0.15) is 5.82 Å². The molecule has 1 aromatic carbocycles. The van der Waals surface area contributed by atoms with Gasteiger partial charge in [0, 0.05) is 24.6 Å². The zero-order chi connectivity index (χ0) is 18.4. The fraction of sp³-hybridized carbons (Fsp3) is 0.632. The van der Waals surface area contributed by atoms with Gasteiger partial charge < -0.3 is 15.2 Å². The maximum absolute atomic E-state index is 6.33. The third-order valence-electron chi connectivity index (χ3n) is 5.52. The second-order valence-electron chi connectivity index (χ2n) is 8.90. The van der Waals surface area contributed by atoms with Gasteiger partial charge in [-0.2, -0.15) is 10.2 Å². The van der Waals surface area contributed by atoms with E-state index in [-0.39, 0.29) is 10.8 Å². The first-order chi connectivity index (χ1) is 12.3. The lowest BCUT2D eigenvalue weighted by Gasteiger charge is -2.50. The molecule has 4 rings (SSSR count). The Morgan fingerprint density at radius 3 is 2.65 bits per heavy atom. The molecule has 4 N–H and O–H groups in total. The maximum Gasteiger partial charge on any atom is 0.169 e. The number of nitrogens with one attached hydrogen (secondary N) is 2. The van der Waals surface area contributed by atoms with Crippen LogP contribution in [0.15, 0.2) is 29.4 Å². The summed E-state index contributed by atoms with van der Waals surface area (Å²) in [5.74, 6) is 0.178. The standard InChI is InChI=1S/C19H29N5O2/c1-17(2)10-18(3,12-19(11-17)25-8-9-26-19)13-21-24-16(20)14-6-4-5-7-15(14)22-23-24/h4-7,21,23H,8-13,20H2,1-3H3/t18-/m1/s1. The van der Waals surface area contributed by atoms with Gasteiger partial charge in [0.2, 0.25) is 0 Å². The summed E-state index contributed by atoms with van der Waals surface area (Å²) in [5.41, 5.74) is 12.9. The average Bonchev–Trinajstić information content (AvgIpc) is 2.99. The van der Waals surface area contributed by atoms with Gasteiger partial charge in [-0.3, -0.25) is 0 Å². The van der Waals surface area contributed by atoms with Crippen molar-refractivity contribution in [1.29, 1.82) is 0 Å². The Bertz CT molecular complexity index is 802. The smallest absolute Gasteiger partial charge is 0.169 e. The Labute approximate surface area is 154 Å². The van der Waals surface area contributed by atoms with Crippen LogP contribution >= 0.6 is 0 Å². The molecule has 2 aliphatic heterocycles. The summed E-state index contributed by atoms with van der Waals surface area (Å²) in [4.78, 5) is 0. The highest BCUT2D eigenvalue weighted by atomic mass is 16.7. The molecule has 0 bridgehead atoms. The Hall–Kier alpha value is -1.83. The van der Waals surface area contributed by atoms with E-state index in [2.05, 4.69) is 36.8 Å². The third-order valence-corrected chi connectivity index (χ3v) is 5.52. The molecule has 2 heterocycles. The van der Waals surface area contributed by atoms with Crippen LogP contribution < -0.4 is 27.3 Å². The van der Waals surface area contributed by atoms with Crippen LogP contribution in [0.3, 0.4) is 0 Å². The Kier molecular flexibility index (Phi) is 4.13. The number of nitrogens with two attached hydrogens (primary N) is 1. The van der Waals surface area contributed by atoms with E-state index in [1.807, 2.05) is 24.3 Å². The van der Waals surface area contributed by atoms with Crippen LogP contribution in [0.1, 0.15) is 40.0 Å². The first-order valence-corrected chi connectivity index (χ1v) is 9.30. The molecule has 1 saturated carbocycles. The molecule has 1 aliphatic carbocycles. The van der Waals surface area contributed by atoms with Crippen molar-refractivity contribution in [3.8, 4) is 0 Å². The van der Waals surface area contributed by atoms with E-state index in [9.17, 15) is 0 Å². The van der Waals surface area contributed by atoms with E-state index in [1.54, 1.807) is 5.12 Å². The van der Waals surface area contributed by atoms with Crippen LogP contribution in [-0.4, -0.2) is 30.7 Å². The van der Waals surface area contributed by atoms with Crippen LogP contribution in [0, 0.1) is 10.8 Å². The molecule has 7 heteroatoms. The second kappa shape index (κ2) is 6.11. The zero-order valence-electron chi connectivity index (χ0n) is 15.8. The number of benzene rings is 1. The number of rotatable bonds is 3. The number of hydrogen-bond acceptors (Lipinski definition) is 7. The summed E-state index contributed by atoms with van der Waals surface area (Å²) in [6.07, 6.45) is 2.90. The van der Waals surface area contributed by atoms with Gasteiger partial charge in [0.25, 0.3) is 0 Å². The van der Waals surface area contributed by atoms with E-state index >= 15 is 0 Å². The molecule has 142 valence electrons. The predicted molar refractivity (Wildman–Crippen MR) is 98.2 cm³/mol. The van der Waals surface area contributed by atoms with Crippen LogP contribution in [0.25, 0.3) is 5.82 Å². The van der Waals surface area contributed by atoms with Gasteiger partial charge in [-0.05, 0) is 29.4 Å². The van der Waals surface area contributed by atoms with Crippen molar-refractivity contribution in [3.05, 3.63) is 34.8 Å². The van der Waals surface area contributed by atoms with Crippen molar-refractivity contribution in [1.82, 2.24) is 16.1 Å². The molecule has 0 unspecified atom stereocenters. The molecular formula is C19H29N5O2. The van der Waals surface area contributed by atoms with E-state index in [0.29, 0.717) is 19.0 Å². The molecule has 2 fully saturated rings. The summed E-state index contributed by atoms with van der Waals surface area (Å²) in [5, 5.41) is 7.85. The zero-order valence-corrected chi connectivity index (χ0v) is 15.8. The Balaban J connectivity index is 1.51. The lowest BCUT2D eigenvalue weighted by molar-refractivity contribution is -0.224. The number of fused-ring (bicyclic) bond motifs is 1. The quantitative estimate of drug-likeness (QED) is 0.730. The van der Waals surface area contributed by atoms with Crippen LogP contribution in [0.5, 0.6) is 0 Å². The Morgan fingerprint density at radius 2 is 1.88 bits per heavy atom. The fourth-order valence-corrected chi connectivity index (χ4v) is 5.00. The van der Waals surface area contributed by atoms with Crippen LogP contribution in [0.2, 0.25) is 0 Å². The molecule has 7 nitrogen and oxygen atoms in total. The maximum atomic E-state index is 6.33. The molecule has 1 atom stereocenters. The molecule has 1 saturated heterocycles. The summed E-state index contributed by atoms with van der Waals surface area (Å²) in [6.45, 7) is 8.99. The highest BCUT2D eigenvalue weighted by molar-refractivity contribution is 5.37. The molecule has 1 aromatic rings. The van der Waals surface area contributed by atoms with Crippen molar-refractivity contribution in [3.63, 3.8) is 0 Å². The number of nitrogens with zero attached hydrogens (tertiary/aromatic N) is 2. The van der Waals surface area contributed by atoms with Gasteiger partial charge in [-0.25, -0.2) is 11.0 Å².